The van der Waals surface area contributed by atoms with Gasteiger partial charge >= 0.3 is 19.8 Å². The fourth-order valence-corrected chi connectivity index (χ4v) is 5.87. The van der Waals surface area contributed by atoms with Crippen molar-refractivity contribution >= 4 is 19.8 Å². The highest BCUT2D eigenvalue weighted by Crippen LogP contribution is 2.37. The maximum absolute atomic E-state index is 12.4. The van der Waals surface area contributed by atoms with Gasteiger partial charge in [0, 0.05) is 18.8 Å². The molecule has 0 radical (unpaired) electrons. The third kappa shape index (κ3) is 25.1. The molecular formula is C39H63O11P. The highest BCUT2D eigenvalue weighted by Gasteiger charge is 2.39. The van der Waals surface area contributed by atoms with E-state index in [2.05, 4.69) is 67.0 Å². The molecule has 51 heavy (non-hydrogen) atoms. The molecule has 12 heteroatoms. The summed E-state index contributed by atoms with van der Waals surface area (Å²) in [7, 11) is -4.85. The third-order valence-corrected chi connectivity index (χ3v) is 8.80. The molecule has 0 bridgehead atoms. The smallest absolute Gasteiger partial charge is 0.461 e. The van der Waals surface area contributed by atoms with Crippen LogP contribution >= 0.6 is 7.82 Å². The van der Waals surface area contributed by atoms with Crippen molar-refractivity contribution in [1.29, 1.82) is 0 Å². The number of phosphoric ester groups is 1. The second-order valence-corrected chi connectivity index (χ2v) is 14.0. The second kappa shape index (κ2) is 28.9. The van der Waals surface area contributed by atoms with Crippen molar-refractivity contribution in [2.24, 2.45) is 11.8 Å². The van der Waals surface area contributed by atoms with Gasteiger partial charge in [-0.25, -0.2) is 4.57 Å². The predicted octanol–water partition coefficient (Wildman–Crippen LogP) is 7.11. The lowest BCUT2D eigenvalue weighted by molar-refractivity contribution is -0.160. The third-order valence-electron chi connectivity index (χ3n) is 8.31. The minimum Gasteiger partial charge on any atom is -0.461 e. The molecule has 0 spiro atoms. The van der Waals surface area contributed by atoms with E-state index in [-0.39, 0.29) is 31.1 Å². The minimum absolute atomic E-state index is 0.0896. The largest absolute Gasteiger partial charge is 0.469 e. The zero-order chi connectivity index (χ0) is 37.7. The lowest BCUT2D eigenvalue weighted by Gasteiger charge is -2.19. The summed E-state index contributed by atoms with van der Waals surface area (Å²) in [6, 6.07) is 0. The van der Waals surface area contributed by atoms with E-state index < -0.39 is 57.4 Å². The van der Waals surface area contributed by atoms with Gasteiger partial charge in [-0.1, -0.05) is 106 Å². The molecule has 0 heterocycles. The molecule has 0 saturated heterocycles. The Morgan fingerprint density at radius 2 is 1.47 bits per heavy atom. The summed E-state index contributed by atoms with van der Waals surface area (Å²) in [6.07, 6.45) is 30.5. The van der Waals surface area contributed by atoms with Crippen molar-refractivity contribution < 1.29 is 53.3 Å². The zero-order valence-corrected chi connectivity index (χ0v) is 31.4. The average molecular weight is 739 g/mol. The van der Waals surface area contributed by atoms with Crippen LogP contribution in [-0.4, -0.2) is 74.7 Å². The molecule has 0 aromatic rings. The highest BCUT2D eigenvalue weighted by molar-refractivity contribution is 7.46. The summed E-state index contributed by atoms with van der Waals surface area (Å²) in [5.41, 5.74) is 0. The number of carbonyl (C=O) groups is 2. The molecule has 5 N–H and O–H groups in total. The number of phosphoric acid groups is 1. The highest BCUT2D eigenvalue weighted by atomic mass is 31.2. The molecule has 1 rings (SSSR count). The molecule has 0 aliphatic heterocycles. The number of aliphatic hydroxyl groups excluding tert-OH is 3. The molecule has 0 aromatic heterocycles. The summed E-state index contributed by atoms with van der Waals surface area (Å²) >= 11 is 0. The van der Waals surface area contributed by atoms with Crippen LogP contribution in [0.2, 0.25) is 0 Å². The van der Waals surface area contributed by atoms with Gasteiger partial charge in [0.1, 0.15) is 6.61 Å². The number of hydrogen-bond donors (Lipinski definition) is 5. The van der Waals surface area contributed by atoms with Crippen LogP contribution in [-0.2, 0) is 28.2 Å². The monoisotopic (exact) mass is 738 g/mol. The van der Waals surface area contributed by atoms with E-state index in [9.17, 15) is 29.5 Å². The van der Waals surface area contributed by atoms with Gasteiger partial charge in [0.2, 0.25) is 0 Å². The molecule has 1 aliphatic carbocycles. The van der Waals surface area contributed by atoms with Gasteiger partial charge in [-0.05, 0) is 63.7 Å². The second-order valence-electron chi connectivity index (χ2n) is 12.8. The Balaban J connectivity index is 2.44. The first-order valence-corrected chi connectivity index (χ1v) is 20.0. The SMILES string of the molecule is CC/C=C\C/C=C\C/C=C\C/C=C\CCCCC(=O)O[C@H](COC(=O)C/C=C\C[C@H]1[C@@H](/C=C/[C@H](O)CCCCC)[C@H](O)C[C@@H]1O)COP(=O)(O)O. The van der Waals surface area contributed by atoms with Crippen LogP contribution in [0.5, 0.6) is 0 Å². The molecule has 1 fully saturated rings. The molecule has 290 valence electrons. The number of esters is 2. The Bertz CT molecular complexity index is 1170. The van der Waals surface area contributed by atoms with Crippen LogP contribution in [0.4, 0.5) is 0 Å². The van der Waals surface area contributed by atoms with E-state index in [1.165, 1.54) is 0 Å². The van der Waals surface area contributed by atoms with Gasteiger partial charge < -0.3 is 34.6 Å². The van der Waals surface area contributed by atoms with E-state index in [0.29, 0.717) is 19.3 Å². The van der Waals surface area contributed by atoms with Crippen LogP contribution in [0.25, 0.3) is 0 Å². The first kappa shape index (κ1) is 46.4. The summed E-state index contributed by atoms with van der Waals surface area (Å²) in [4.78, 5) is 42.9. The van der Waals surface area contributed by atoms with Crippen molar-refractivity contribution in [3.05, 3.63) is 72.9 Å². The summed E-state index contributed by atoms with van der Waals surface area (Å²) in [5, 5.41) is 31.1. The lowest BCUT2D eigenvalue weighted by Crippen LogP contribution is -2.29. The Labute approximate surface area is 305 Å². The van der Waals surface area contributed by atoms with E-state index >= 15 is 0 Å². The molecule has 0 unspecified atom stereocenters. The number of carbonyl (C=O) groups excluding carboxylic acids is 2. The predicted molar refractivity (Wildman–Crippen MR) is 199 cm³/mol. The molecule has 0 aromatic carbocycles. The van der Waals surface area contributed by atoms with Gasteiger partial charge in [0.05, 0.1) is 31.3 Å². The number of hydrogen-bond acceptors (Lipinski definition) is 9. The zero-order valence-electron chi connectivity index (χ0n) is 30.5. The topological polar surface area (TPSA) is 180 Å². The van der Waals surface area contributed by atoms with Gasteiger partial charge in [-0.2, -0.15) is 0 Å². The molecule has 6 atom stereocenters. The number of allylic oxidation sites excluding steroid dienone is 9. The lowest BCUT2D eigenvalue weighted by atomic mass is 9.89. The van der Waals surface area contributed by atoms with Crippen molar-refractivity contribution in [2.75, 3.05) is 13.2 Å². The first-order chi connectivity index (χ1) is 24.5. The fraction of sp³-hybridized carbons (Fsp3) is 0.641. The Morgan fingerprint density at radius 1 is 0.804 bits per heavy atom. The van der Waals surface area contributed by atoms with E-state index in [1.54, 1.807) is 24.3 Å². The Hall–Kier alpha value is -2.63. The van der Waals surface area contributed by atoms with Crippen LogP contribution < -0.4 is 0 Å². The summed E-state index contributed by atoms with van der Waals surface area (Å²) < 4.78 is 26.2. The van der Waals surface area contributed by atoms with E-state index in [0.717, 1.165) is 57.8 Å². The maximum Gasteiger partial charge on any atom is 0.469 e. The standard InChI is InChI=1S/C39H63O11P/c1-3-5-7-8-9-10-11-12-13-14-15-16-17-18-20-26-39(44)50-33(31-49-51(45,46)47)30-48-38(43)25-22-21-24-34-35(37(42)29-36(34)41)28-27-32(40)23-19-6-4-2/h5,7,9-10,12-13,15-16,21-22,27-28,32-37,40-42H,3-4,6,8,11,14,17-20,23-26,29-31H2,1-2H3,(H2,45,46,47)/b7-5-,10-9-,13-12-,16-15-,22-21-,28-27+/t32-,33-,34+,35-,36+,37-/m1/s1. The van der Waals surface area contributed by atoms with Crippen molar-refractivity contribution in [3.8, 4) is 0 Å². The number of aliphatic hydroxyl groups is 3. The summed E-state index contributed by atoms with van der Waals surface area (Å²) in [5.74, 6) is -1.86. The Morgan fingerprint density at radius 3 is 2.12 bits per heavy atom. The van der Waals surface area contributed by atoms with Crippen molar-refractivity contribution in [3.63, 3.8) is 0 Å². The van der Waals surface area contributed by atoms with Crippen LogP contribution in [0.1, 0.15) is 110 Å². The van der Waals surface area contributed by atoms with Crippen LogP contribution in [0.3, 0.4) is 0 Å². The number of rotatable bonds is 28. The first-order valence-electron chi connectivity index (χ1n) is 18.5. The Kier molecular flexibility index (Phi) is 26.3. The fourth-order valence-electron chi connectivity index (χ4n) is 5.51. The number of ether oxygens (including phenoxy) is 2. The molecule has 1 saturated carbocycles. The molecule has 1 aliphatic rings. The van der Waals surface area contributed by atoms with Crippen LogP contribution in [0.15, 0.2) is 72.9 Å². The van der Waals surface area contributed by atoms with E-state index in [1.807, 2.05) is 0 Å². The maximum atomic E-state index is 12.4. The molecule has 0 amide bonds. The van der Waals surface area contributed by atoms with Gasteiger partial charge in [0.25, 0.3) is 0 Å². The summed E-state index contributed by atoms with van der Waals surface area (Å²) in [6.45, 7) is 3.11. The molecule has 11 nitrogen and oxygen atoms in total. The normalized spacial score (nSPS) is 21.3. The van der Waals surface area contributed by atoms with Gasteiger partial charge in [-0.3, -0.25) is 14.1 Å². The van der Waals surface area contributed by atoms with E-state index in [4.69, 9.17) is 19.3 Å². The van der Waals surface area contributed by atoms with Crippen LogP contribution in [0, 0.1) is 11.8 Å². The average Bonchev–Trinajstić information content (AvgIpc) is 3.35. The quantitative estimate of drug-likeness (QED) is 0.0239. The van der Waals surface area contributed by atoms with Crippen molar-refractivity contribution in [2.45, 2.75) is 135 Å². The van der Waals surface area contributed by atoms with Gasteiger partial charge in [0.15, 0.2) is 6.10 Å². The number of unbranched alkanes of at least 4 members (excludes halogenated alkanes) is 4. The van der Waals surface area contributed by atoms with Crippen molar-refractivity contribution in [1.82, 2.24) is 0 Å². The minimum atomic E-state index is -4.85. The van der Waals surface area contributed by atoms with Gasteiger partial charge in [-0.15, -0.1) is 0 Å². The molecular weight excluding hydrogens is 675 g/mol.